The third-order valence-corrected chi connectivity index (χ3v) is 4.58. The van der Waals surface area contributed by atoms with Crippen LogP contribution in [0.1, 0.15) is 18.4 Å². The topological polar surface area (TPSA) is 63.2 Å². The SMILES string of the molecule is COCC1(C(=O)Nc2cc(C)c(Br)cn2)CCNCC1. The number of aryl methyl sites for hydroxylation is 1. The summed E-state index contributed by atoms with van der Waals surface area (Å²) in [5, 5.41) is 6.20. The summed E-state index contributed by atoms with van der Waals surface area (Å²) in [4.78, 5) is 16.8. The van der Waals surface area contributed by atoms with Crippen LogP contribution in [0.3, 0.4) is 0 Å². The molecule has 0 aromatic carbocycles. The molecule has 2 heterocycles. The first-order valence-electron chi connectivity index (χ1n) is 6.71. The average molecular weight is 342 g/mol. The van der Waals surface area contributed by atoms with Gasteiger partial charge in [-0.05, 0) is 60.4 Å². The van der Waals surface area contributed by atoms with Crippen LogP contribution in [0.25, 0.3) is 0 Å². The standard InChI is InChI=1S/C14H20BrN3O2/c1-10-7-12(17-8-11(10)15)18-13(19)14(9-20-2)3-5-16-6-4-14/h7-8,16H,3-6,9H2,1-2H3,(H,17,18,19). The zero-order chi connectivity index (χ0) is 14.6. The first-order valence-corrected chi connectivity index (χ1v) is 7.50. The molecule has 1 amide bonds. The second-order valence-electron chi connectivity index (χ2n) is 5.24. The zero-order valence-corrected chi connectivity index (χ0v) is 13.4. The van der Waals surface area contributed by atoms with Gasteiger partial charge in [-0.2, -0.15) is 0 Å². The summed E-state index contributed by atoms with van der Waals surface area (Å²) in [5.41, 5.74) is 0.587. The number of aromatic nitrogens is 1. The number of methoxy groups -OCH3 is 1. The maximum Gasteiger partial charge on any atom is 0.234 e. The zero-order valence-electron chi connectivity index (χ0n) is 11.8. The molecule has 110 valence electrons. The van der Waals surface area contributed by atoms with E-state index in [-0.39, 0.29) is 5.91 Å². The largest absolute Gasteiger partial charge is 0.384 e. The van der Waals surface area contributed by atoms with E-state index in [1.807, 2.05) is 13.0 Å². The number of piperidine rings is 1. The van der Waals surface area contributed by atoms with E-state index in [4.69, 9.17) is 4.74 Å². The molecular weight excluding hydrogens is 322 g/mol. The van der Waals surface area contributed by atoms with Gasteiger partial charge in [-0.3, -0.25) is 4.79 Å². The highest BCUT2D eigenvalue weighted by molar-refractivity contribution is 9.10. The van der Waals surface area contributed by atoms with E-state index in [0.29, 0.717) is 12.4 Å². The third kappa shape index (κ3) is 3.37. The summed E-state index contributed by atoms with van der Waals surface area (Å²) < 4.78 is 6.20. The van der Waals surface area contributed by atoms with Crippen LogP contribution >= 0.6 is 15.9 Å². The van der Waals surface area contributed by atoms with E-state index >= 15 is 0 Å². The number of pyridine rings is 1. The van der Waals surface area contributed by atoms with Gasteiger partial charge in [0, 0.05) is 17.8 Å². The molecule has 20 heavy (non-hydrogen) atoms. The molecule has 0 saturated carbocycles. The van der Waals surface area contributed by atoms with Crippen LogP contribution in [0, 0.1) is 12.3 Å². The molecule has 2 rings (SSSR count). The third-order valence-electron chi connectivity index (χ3n) is 3.75. The minimum atomic E-state index is -0.456. The number of ether oxygens (including phenoxy) is 1. The molecule has 1 saturated heterocycles. The van der Waals surface area contributed by atoms with Crippen LogP contribution in [0.15, 0.2) is 16.7 Å². The highest BCUT2D eigenvalue weighted by Gasteiger charge is 2.39. The molecule has 1 aromatic rings. The van der Waals surface area contributed by atoms with Crippen molar-refractivity contribution < 1.29 is 9.53 Å². The maximum atomic E-state index is 12.6. The lowest BCUT2D eigenvalue weighted by atomic mass is 9.78. The predicted octanol–water partition coefficient (Wildman–Crippen LogP) is 2.11. The van der Waals surface area contributed by atoms with Crippen molar-refractivity contribution in [2.24, 2.45) is 5.41 Å². The van der Waals surface area contributed by atoms with Gasteiger partial charge in [0.15, 0.2) is 0 Å². The van der Waals surface area contributed by atoms with Crippen molar-refractivity contribution in [1.29, 1.82) is 0 Å². The van der Waals surface area contributed by atoms with E-state index in [1.54, 1.807) is 13.3 Å². The molecule has 2 N–H and O–H groups in total. The Morgan fingerprint density at radius 3 is 2.85 bits per heavy atom. The molecule has 0 unspecified atom stereocenters. The molecule has 0 radical (unpaired) electrons. The Balaban J connectivity index is 2.13. The Labute approximate surface area is 127 Å². The van der Waals surface area contributed by atoms with Crippen LogP contribution < -0.4 is 10.6 Å². The lowest BCUT2D eigenvalue weighted by Gasteiger charge is -2.35. The van der Waals surface area contributed by atoms with E-state index in [2.05, 4.69) is 31.5 Å². The maximum absolute atomic E-state index is 12.6. The van der Waals surface area contributed by atoms with Crippen LogP contribution in [-0.4, -0.2) is 37.7 Å². The number of rotatable bonds is 4. The Morgan fingerprint density at radius 2 is 2.25 bits per heavy atom. The van der Waals surface area contributed by atoms with E-state index < -0.39 is 5.41 Å². The second-order valence-corrected chi connectivity index (χ2v) is 6.09. The monoisotopic (exact) mass is 341 g/mol. The summed E-state index contributed by atoms with van der Waals surface area (Å²) in [7, 11) is 1.64. The van der Waals surface area contributed by atoms with Crippen LogP contribution in [-0.2, 0) is 9.53 Å². The fourth-order valence-corrected chi connectivity index (χ4v) is 2.69. The highest BCUT2D eigenvalue weighted by Crippen LogP contribution is 2.31. The summed E-state index contributed by atoms with van der Waals surface area (Å²) in [6.45, 7) is 4.08. The Bertz CT molecular complexity index is 482. The minimum absolute atomic E-state index is 0.00456. The Morgan fingerprint density at radius 1 is 1.55 bits per heavy atom. The molecule has 1 fully saturated rings. The predicted molar refractivity (Wildman–Crippen MR) is 81.7 cm³/mol. The molecular formula is C14H20BrN3O2. The van der Waals surface area contributed by atoms with Gasteiger partial charge in [0.1, 0.15) is 5.82 Å². The van der Waals surface area contributed by atoms with Crippen molar-refractivity contribution in [2.45, 2.75) is 19.8 Å². The minimum Gasteiger partial charge on any atom is -0.384 e. The summed E-state index contributed by atoms with van der Waals surface area (Å²) in [6.07, 6.45) is 3.26. The Hall–Kier alpha value is -0.980. The fraction of sp³-hybridized carbons (Fsp3) is 0.571. The number of halogens is 1. The molecule has 5 nitrogen and oxygen atoms in total. The van der Waals surface area contributed by atoms with Gasteiger partial charge >= 0.3 is 0 Å². The number of hydrogen-bond acceptors (Lipinski definition) is 4. The molecule has 0 bridgehead atoms. The van der Waals surface area contributed by atoms with Gasteiger partial charge in [-0.15, -0.1) is 0 Å². The smallest absolute Gasteiger partial charge is 0.234 e. The first kappa shape index (κ1) is 15.4. The molecule has 1 aliphatic rings. The summed E-state index contributed by atoms with van der Waals surface area (Å²) >= 11 is 3.40. The van der Waals surface area contributed by atoms with Crippen LogP contribution in [0.4, 0.5) is 5.82 Å². The van der Waals surface area contributed by atoms with E-state index in [0.717, 1.165) is 36.0 Å². The Kier molecular flexibility index (Phi) is 5.12. The number of anilines is 1. The van der Waals surface area contributed by atoms with Crippen LogP contribution in [0.2, 0.25) is 0 Å². The van der Waals surface area contributed by atoms with Crippen LogP contribution in [0.5, 0.6) is 0 Å². The lowest BCUT2D eigenvalue weighted by Crippen LogP contribution is -2.47. The number of hydrogen-bond donors (Lipinski definition) is 2. The summed E-state index contributed by atoms with van der Waals surface area (Å²) in [6, 6.07) is 1.86. The number of nitrogens with one attached hydrogen (secondary N) is 2. The van der Waals surface area contributed by atoms with Crippen molar-refractivity contribution in [3.63, 3.8) is 0 Å². The van der Waals surface area contributed by atoms with Crippen molar-refractivity contribution in [3.8, 4) is 0 Å². The number of nitrogens with zero attached hydrogens (tertiary/aromatic N) is 1. The second kappa shape index (κ2) is 6.65. The fourth-order valence-electron chi connectivity index (χ4n) is 2.48. The quantitative estimate of drug-likeness (QED) is 0.880. The molecule has 0 spiro atoms. The van der Waals surface area contributed by atoms with Gasteiger partial charge < -0.3 is 15.4 Å². The van der Waals surface area contributed by atoms with E-state index in [1.165, 1.54) is 0 Å². The first-order chi connectivity index (χ1) is 9.57. The molecule has 1 aromatic heterocycles. The molecule has 6 heteroatoms. The van der Waals surface area contributed by atoms with Crippen molar-refractivity contribution in [1.82, 2.24) is 10.3 Å². The number of carbonyl (C=O) groups excluding carboxylic acids is 1. The molecule has 0 atom stereocenters. The van der Waals surface area contributed by atoms with Gasteiger partial charge in [0.25, 0.3) is 0 Å². The van der Waals surface area contributed by atoms with Crippen molar-refractivity contribution >= 4 is 27.7 Å². The lowest BCUT2D eigenvalue weighted by molar-refractivity contribution is -0.130. The number of carbonyl (C=O) groups is 1. The normalized spacial score (nSPS) is 17.8. The van der Waals surface area contributed by atoms with E-state index in [9.17, 15) is 4.79 Å². The van der Waals surface area contributed by atoms with Crippen molar-refractivity contribution in [2.75, 3.05) is 32.1 Å². The molecule has 0 aliphatic carbocycles. The average Bonchev–Trinajstić information content (AvgIpc) is 2.44. The van der Waals surface area contributed by atoms with Gasteiger partial charge in [-0.1, -0.05) is 0 Å². The molecule has 1 aliphatic heterocycles. The van der Waals surface area contributed by atoms with Crippen molar-refractivity contribution in [3.05, 3.63) is 22.3 Å². The van der Waals surface area contributed by atoms with Gasteiger partial charge in [0.05, 0.1) is 12.0 Å². The van der Waals surface area contributed by atoms with Gasteiger partial charge in [0.2, 0.25) is 5.91 Å². The van der Waals surface area contributed by atoms with Gasteiger partial charge in [-0.25, -0.2) is 4.98 Å². The number of amides is 1. The summed E-state index contributed by atoms with van der Waals surface area (Å²) in [5.74, 6) is 0.583. The highest BCUT2D eigenvalue weighted by atomic mass is 79.9.